The predicted octanol–water partition coefficient (Wildman–Crippen LogP) is 3.15. The lowest BCUT2D eigenvalue weighted by molar-refractivity contribution is 0.699. The Morgan fingerprint density at radius 1 is 1.64 bits per heavy atom. The maximum absolute atomic E-state index is 5.95. The molecule has 1 N–H and O–H groups in total. The monoisotopic (exact) mass is 230 g/mol. The van der Waals surface area contributed by atoms with Crippen molar-refractivity contribution >= 4 is 29.2 Å². The van der Waals surface area contributed by atoms with E-state index in [2.05, 4.69) is 23.5 Å². The van der Waals surface area contributed by atoms with Crippen molar-refractivity contribution in [1.29, 1.82) is 0 Å². The highest BCUT2D eigenvalue weighted by molar-refractivity contribution is 7.98. The number of pyridine rings is 1. The van der Waals surface area contributed by atoms with Gasteiger partial charge in [0.2, 0.25) is 0 Å². The van der Waals surface area contributed by atoms with E-state index in [4.69, 9.17) is 11.6 Å². The van der Waals surface area contributed by atoms with E-state index in [1.165, 1.54) is 0 Å². The van der Waals surface area contributed by atoms with Gasteiger partial charge in [-0.2, -0.15) is 11.8 Å². The van der Waals surface area contributed by atoms with Crippen LogP contribution in [-0.4, -0.2) is 23.5 Å². The van der Waals surface area contributed by atoms with Gasteiger partial charge in [0, 0.05) is 12.7 Å². The zero-order valence-electron chi connectivity index (χ0n) is 8.46. The molecule has 0 fully saturated rings. The summed E-state index contributed by atoms with van der Waals surface area (Å²) in [6, 6.07) is 3.68. The average molecular weight is 231 g/mol. The second kappa shape index (κ2) is 6.14. The lowest BCUT2D eigenvalue weighted by atomic mass is 10.2. The van der Waals surface area contributed by atoms with Crippen molar-refractivity contribution in [2.75, 3.05) is 23.9 Å². The van der Waals surface area contributed by atoms with Crippen LogP contribution in [-0.2, 0) is 0 Å². The van der Waals surface area contributed by atoms with Crippen molar-refractivity contribution in [3.8, 4) is 0 Å². The molecule has 1 rings (SSSR count). The second-order valence-corrected chi connectivity index (χ2v) is 4.59. The zero-order chi connectivity index (χ0) is 10.4. The van der Waals surface area contributed by atoms with Crippen LogP contribution in [0.2, 0.25) is 5.02 Å². The number of nitrogens with zero attached hydrogens (tertiary/aromatic N) is 1. The molecule has 0 saturated heterocycles. The third kappa shape index (κ3) is 3.76. The van der Waals surface area contributed by atoms with E-state index in [9.17, 15) is 0 Å². The fourth-order valence-corrected chi connectivity index (χ4v) is 2.01. The molecule has 2 nitrogen and oxygen atoms in total. The van der Waals surface area contributed by atoms with E-state index in [0.29, 0.717) is 10.9 Å². The molecule has 1 heterocycles. The van der Waals surface area contributed by atoms with Crippen LogP contribution in [0.4, 0.5) is 5.82 Å². The second-order valence-electron chi connectivity index (χ2n) is 3.28. The molecule has 0 spiro atoms. The summed E-state index contributed by atoms with van der Waals surface area (Å²) in [5.41, 5.74) is 0. The van der Waals surface area contributed by atoms with Gasteiger partial charge in [0.05, 0.1) is 5.02 Å². The van der Waals surface area contributed by atoms with Crippen molar-refractivity contribution in [3.63, 3.8) is 0 Å². The van der Waals surface area contributed by atoms with Crippen LogP contribution in [0.1, 0.15) is 6.92 Å². The number of hydrogen-bond donors (Lipinski definition) is 1. The number of anilines is 1. The highest BCUT2D eigenvalue weighted by Crippen LogP contribution is 2.17. The van der Waals surface area contributed by atoms with E-state index in [1.54, 1.807) is 6.20 Å². The van der Waals surface area contributed by atoms with Crippen molar-refractivity contribution in [2.24, 2.45) is 5.92 Å². The summed E-state index contributed by atoms with van der Waals surface area (Å²) >= 11 is 7.81. The minimum atomic E-state index is 0.628. The molecule has 0 bridgehead atoms. The minimum absolute atomic E-state index is 0.628. The molecule has 0 aliphatic rings. The first kappa shape index (κ1) is 11.7. The Bertz CT molecular complexity index is 281. The van der Waals surface area contributed by atoms with Crippen LogP contribution in [0, 0.1) is 5.92 Å². The van der Waals surface area contributed by atoms with Gasteiger partial charge < -0.3 is 5.32 Å². The fraction of sp³-hybridized carbons (Fsp3) is 0.500. The Hall–Kier alpha value is -0.410. The normalized spacial score (nSPS) is 12.5. The molecule has 0 aromatic carbocycles. The third-order valence-corrected chi connectivity index (χ3v) is 3.03. The van der Waals surface area contributed by atoms with Crippen molar-refractivity contribution < 1.29 is 0 Å². The summed E-state index contributed by atoms with van der Waals surface area (Å²) in [7, 11) is 0. The molecule has 14 heavy (non-hydrogen) atoms. The Morgan fingerprint density at radius 3 is 3.07 bits per heavy atom. The topological polar surface area (TPSA) is 24.9 Å². The summed E-state index contributed by atoms with van der Waals surface area (Å²) in [5.74, 6) is 2.56. The molecule has 1 aromatic heterocycles. The van der Waals surface area contributed by atoms with Gasteiger partial charge in [-0.15, -0.1) is 0 Å². The van der Waals surface area contributed by atoms with Crippen molar-refractivity contribution in [1.82, 2.24) is 4.98 Å². The quantitative estimate of drug-likeness (QED) is 0.841. The summed E-state index contributed by atoms with van der Waals surface area (Å²) in [6.07, 6.45) is 3.86. The highest BCUT2D eigenvalue weighted by Gasteiger charge is 2.03. The largest absolute Gasteiger partial charge is 0.369 e. The minimum Gasteiger partial charge on any atom is -0.369 e. The van der Waals surface area contributed by atoms with Gasteiger partial charge >= 0.3 is 0 Å². The highest BCUT2D eigenvalue weighted by atomic mass is 35.5. The number of halogens is 1. The standard InChI is InChI=1S/C10H15ClN2S/c1-8(7-14-2)6-13-10-9(11)4-3-5-12-10/h3-5,8H,6-7H2,1-2H3,(H,12,13). The maximum atomic E-state index is 5.95. The lowest BCUT2D eigenvalue weighted by Gasteiger charge is -2.12. The molecule has 0 aliphatic heterocycles. The molecule has 1 aromatic rings. The molecule has 0 saturated carbocycles. The number of hydrogen-bond acceptors (Lipinski definition) is 3. The molecule has 1 unspecified atom stereocenters. The first-order valence-corrected chi connectivity index (χ1v) is 6.34. The van der Waals surface area contributed by atoms with E-state index in [-0.39, 0.29) is 0 Å². The number of thioether (sulfide) groups is 1. The fourth-order valence-electron chi connectivity index (χ4n) is 1.13. The van der Waals surface area contributed by atoms with E-state index in [0.717, 1.165) is 18.1 Å². The first-order chi connectivity index (χ1) is 6.74. The number of aromatic nitrogens is 1. The smallest absolute Gasteiger partial charge is 0.144 e. The molecule has 0 radical (unpaired) electrons. The first-order valence-electron chi connectivity index (χ1n) is 4.57. The summed E-state index contributed by atoms with van der Waals surface area (Å²) in [5, 5.41) is 3.93. The Balaban J connectivity index is 2.41. The van der Waals surface area contributed by atoms with Gasteiger partial charge in [-0.25, -0.2) is 4.98 Å². The molecule has 78 valence electrons. The van der Waals surface area contributed by atoms with Gasteiger partial charge in [-0.05, 0) is 30.1 Å². The number of rotatable bonds is 5. The molecular weight excluding hydrogens is 216 g/mol. The number of nitrogens with one attached hydrogen (secondary N) is 1. The third-order valence-electron chi connectivity index (χ3n) is 1.83. The van der Waals surface area contributed by atoms with Crippen LogP contribution in [0.3, 0.4) is 0 Å². The SMILES string of the molecule is CSCC(C)CNc1ncccc1Cl. The van der Waals surface area contributed by atoms with Crippen LogP contribution in [0.25, 0.3) is 0 Å². The van der Waals surface area contributed by atoms with Gasteiger partial charge in [-0.1, -0.05) is 18.5 Å². The van der Waals surface area contributed by atoms with Crippen LogP contribution in [0.15, 0.2) is 18.3 Å². The molecule has 1 atom stereocenters. The van der Waals surface area contributed by atoms with Crippen LogP contribution in [0.5, 0.6) is 0 Å². The Morgan fingerprint density at radius 2 is 2.43 bits per heavy atom. The molecular formula is C10H15ClN2S. The molecule has 0 amide bonds. The molecule has 0 aliphatic carbocycles. The predicted molar refractivity (Wildman–Crippen MR) is 65.3 cm³/mol. The maximum Gasteiger partial charge on any atom is 0.144 e. The van der Waals surface area contributed by atoms with E-state index < -0.39 is 0 Å². The van der Waals surface area contributed by atoms with Crippen LogP contribution < -0.4 is 5.32 Å². The lowest BCUT2D eigenvalue weighted by Crippen LogP contribution is -2.14. The van der Waals surface area contributed by atoms with Gasteiger partial charge in [0.25, 0.3) is 0 Å². The summed E-state index contributed by atoms with van der Waals surface area (Å²) in [4.78, 5) is 4.16. The van der Waals surface area contributed by atoms with Gasteiger partial charge in [0.15, 0.2) is 0 Å². The summed E-state index contributed by atoms with van der Waals surface area (Å²) in [6.45, 7) is 3.12. The van der Waals surface area contributed by atoms with Crippen LogP contribution >= 0.6 is 23.4 Å². The van der Waals surface area contributed by atoms with E-state index >= 15 is 0 Å². The summed E-state index contributed by atoms with van der Waals surface area (Å²) < 4.78 is 0. The average Bonchev–Trinajstić information content (AvgIpc) is 2.17. The molecule has 4 heteroatoms. The van der Waals surface area contributed by atoms with Gasteiger partial charge in [-0.3, -0.25) is 0 Å². The zero-order valence-corrected chi connectivity index (χ0v) is 10.0. The Kier molecular flexibility index (Phi) is 5.12. The van der Waals surface area contributed by atoms with Gasteiger partial charge in [0.1, 0.15) is 5.82 Å². The van der Waals surface area contributed by atoms with E-state index in [1.807, 2.05) is 23.9 Å². The Labute approximate surface area is 94.5 Å². The van der Waals surface area contributed by atoms with Crippen molar-refractivity contribution in [3.05, 3.63) is 23.4 Å². The van der Waals surface area contributed by atoms with Crippen molar-refractivity contribution in [2.45, 2.75) is 6.92 Å².